The van der Waals surface area contributed by atoms with Gasteiger partial charge in [0.2, 0.25) is 5.91 Å². The van der Waals surface area contributed by atoms with Gasteiger partial charge in [0, 0.05) is 29.8 Å². The second-order valence-corrected chi connectivity index (χ2v) is 7.50. The maximum Gasteiger partial charge on any atom is 0.225 e. The van der Waals surface area contributed by atoms with Crippen molar-refractivity contribution in [1.29, 1.82) is 5.26 Å². The van der Waals surface area contributed by atoms with E-state index in [1.54, 1.807) is 0 Å². The molecule has 4 atom stereocenters. The summed E-state index contributed by atoms with van der Waals surface area (Å²) in [6.45, 7) is 1.61. The number of benzene rings is 1. The van der Waals surface area contributed by atoms with Crippen LogP contribution in [-0.2, 0) is 4.79 Å². The Morgan fingerprint density at radius 2 is 2.21 bits per heavy atom. The second kappa shape index (κ2) is 6.18. The lowest BCUT2D eigenvalue weighted by atomic mass is 9.95. The number of fused-ring (bicyclic) bond motifs is 2. The summed E-state index contributed by atoms with van der Waals surface area (Å²) in [5.41, 5.74) is 1.08. The van der Waals surface area contributed by atoms with E-state index < -0.39 is 0 Å². The number of hydrogen-bond donors (Lipinski definition) is 1. The third kappa shape index (κ3) is 2.69. The van der Waals surface area contributed by atoms with Crippen molar-refractivity contribution in [2.45, 2.75) is 43.8 Å². The Balaban J connectivity index is 1.36. The quantitative estimate of drug-likeness (QED) is 0.855. The van der Waals surface area contributed by atoms with Gasteiger partial charge in [-0.05, 0) is 43.9 Å². The minimum Gasteiger partial charge on any atom is -0.371 e. The van der Waals surface area contributed by atoms with Crippen molar-refractivity contribution < 1.29 is 4.79 Å². The molecule has 4 rings (SSSR count). The zero-order valence-corrected chi connectivity index (χ0v) is 14.2. The van der Waals surface area contributed by atoms with Crippen LogP contribution in [0.5, 0.6) is 0 Å². The molecule has 24 heavy (non-hydrogen) atoms. The Kier molecular flexibility index (Phi) is 4.01. The fourth-order valence-electron chi connectivity index (χ4n) is 4.48. The third-order valence-corrected chi connectivity index (χ3v) is 5.95. The van der Waals surface area contributed by atoms with Gasteiger partial charge in [-0.3, -0.25) is 4.79 Å². The van der Waals surface area contributed by atoms with E-state index in [0.29, 0.717) is 6.04 Å². The zero-order chi connectivity index (χ0) is 16.7. The van der Waals surface area contributed by atoms with Crippen molar-refractivity contribution >= 4 is 23.2 Å². The van der Waals surface area contributed by atoms with E-state index in [0.717, 1.165) is 49.5 Å². The maximum atomic E-state index is 12.7. The van der Waals surface area contributed by atoms with Crippen LogP contribution >= 0.6 is 11.6 Å². The lowest BCUT2D eigenvalue weighted by Gasteiger charge is -2.24. The number of carbonyl (C=O) groups is 1. The van der Waals surface area contributed by atoms with E-state index in [2.05, 4.69) is 16.4 Å². The molecule has 126 valence electrons. The molecule has 1 amide bonds. The number of carbonyl (C=O) groups excluding carboxylic acids is 1. The summed E-state index contributed by atoms with van der Waals surface area (Å²) >= 11 is 6.06. The average Bonchev–Trinajstić information content (AvgIpc) is 3.28. The van der Waals surface area contributed by atoms with Crippen LogP contribution in [-0.4, -0.2) is 42.0 Å². The molecule has 0 aromatic heterocycles. The highest BCUT2D eigenvalue weighted by Gasteiger charge is 2.47. The topological polar surface area (TPSA) is 59.4 Å². The Morgan fingerprint density at radius 1 is 1.33 bits per heavy atom. The fourth-order valence-corrected chi connectivity index (χ4v) is 4.67. The minimum absolute atomic E-state index is 0.0126. The summed E-state index contributed by atoms with van der Waals surface area (Å²) < 4.78 is 0. The molecule has 0 spiro atoms. The molecule has 0 aliphatic carbocycles. The third-order valence-electron chi connectivity index (χ3n) is 5.71. The smallest absolute Gasteiger partial charge is 0.225 e. The van der Waals surface area contributed by atoms with E-state index in [-0.39, 0.29) is 23.9 Å². The summed E-state index contributed by atoms with van der Waals surface area (Å²) in [6, 6.07) is 8.45. The van der Waals surface area contributed by atoms with Crippen molar-refractivity contribution in [2.75, 3.05) is 18.0 Å². The normalized spacial score (nSPS) is 31.3. The minimum atomic E-state index is 0.0126. The second-order valence-electron chi connectivity index (χ2n) is 7.07. The first-order chi connectivity index (χ1) is 11.7. The van der Waals surface area contributed by atoms with Gasteiger partial charge in [0.05, 0.1) is 18.0 Å². The number of amides is 1. The summed E-state index contributed by atoms with van der Waals surface area (Å²) in [6.07, 6.45) is 6.16. The van der Waals surface area contributed by atoms with Crippen LogP contribution in [0, 0.1) is 17.4 Å². The number of nitrogens with one attached hydrogen (secondary N) is 1. The number of rotatable bonds is 3. The predicted molar refractivity (Wildman–Crippen MR) is 92.6 cm³/mol. The molecular weight excluding hydrogens is 324 g/mol. The number of anilines is 1. The molecule has 6 heteroatoms. The Hall–Kier alpha value is -1.93. The van der Waals surface area contributed by atoms with Crippen molar-refractivity contribution in [3.63, 3.8) is 0 Å². The molecule has 1 aromatic carbocycles. The maximum absolute atomic E-state index is 12.7. The van der Waals surface area contributed by atoms with Crippen molar-refractivity contribution in [3.8, 4) is 6.19 Å². The van der Waals surface area contributed by atoms with E-state index in [1.165, 1.54) is 0 Å². The van der Waals surface area contributed by atoms with Crippen LogP contribution in [0.2, 0.25) is 5.02 Å². The van der Waals surface area contributed by atoms with Crippen molar-refractivity contribution in [2.24, 2.45) is 5.92 Å². The van der Waals surface area contributed by atoms with E-state index in [4.69, 9.17) is 11.6 Å². The number of nitriles is 1. The summed E-state index contributed by atoms with van der Waals surface area (Å²) in [5.74, 6) is 0.147. The first-order valence-electron chi connectivity index (χ1n) is 8.64. The molecular formula is C18H21ClN4O. The van der Waals surface area contributed by atoms with Gasteiger partial charge in [-0.15, -0.1) is 0 Å². The van der Waals surface area contributed by atoms with E-state index >= 15 is 0 Å². The summed E-state index contributed by atoms with van der Waals surface area (Å²) in [7, 11) is 0. The standard InChI is InChI=1S/C18H21ClN4O/c19-13-2-1-3-14(8-13)22-7-6-12(10-22)18(24)21-16-9-15-4-5-17(16)23(15)11-20/h1-3,8,12,15-17H,4-7,9-10H2,(H,21,24)/t12-,15-,16+,17+/m0/s1. The first kappa shape index (κ1) is 15.6. The molecule has 3 aliphatic heterocycles. The van der Waals surface area contributed by atoms with E-state index in [1.807, 2.05) is 29.2 Å². The van der Waals surface area contributed by atoms with Gasteiger partial charge in [-0.2, -0.15) is 5.26 Å². The molecule has 0 radical (unpaired) electrons. The molecule has 0 saturated carbocycles. The highest BCUT2D eigenvalue weighted by Crippen LogP contribution is 2.37. The van der Waals surface area contributed by atoms with Crippen LogP contribution in [0.1, 0.15) is 25.7 Å². The van der Waals surface area contributed by atoms with Crippen LogP contribution in [0.25, 0.3) is 0 Å². The Labute approximate surface area is 147 Å². The van der Waals surface area contributed by atoms with Crippen molar-refractivity contribution in [3.05, 3.63) is 29.3 Å². The lowest BCUT2D eigenvalue weighted by Crippen LogP contribution is -2.46. The first-order valence-corrected chi connectivity index (χ1v) is 9.02. The van der Waals surface area contributed by atoms with E-state index in [9.17, 15) is 10.1 Å². The van der Waals surface area contributed by atoms with Gasteiger partial charge in [0.1, 0.15) is 0 Å². The molecule has 3 fully saturated rings. The van der Waals surface area contributed by atoms with Gasteiger partial charge in [0.25, 0.3) is 0 Å². The number of nitrogens with zero attached hydrogens (tertiary/aromatic N) is 3. The molecule has 5 nitrogen and oxygen atoms in total. The SMILES string of the molecule is N#CN1[C@H]2CC[C@@H]1[C@H](NC(=O)[C@H]1CCN(c3cccc(Cl)c3)C1)C2. The highest BCUT2D eigenvalue weighted by atomic mass is 35.5. The molecule has 2 bridgehead atoms. The average molecular weight is 345 g/mol. The fraction of sp³-hybridized carbons (Fsp3) is 0.556. The monoisotopic (exact) mass is 344 g/mol. The summed E-state index contributed by atoms with van der Waals surface area (Å²) in [4.78, 5) is 16.8. The lowest BCUT2D eigenvalue weighted by molar-refractivity contribution is -0.125. The van der Waals surface area contributed by atoms with Crippen molar-refractivity contribution in [1.82, 2.24) is 10.2 Å². The Bertz CT molecular complexity index is 688. The van der Waals surface area contributed by atoms with Crippen LogP contribution in [0.3, 0.4) is 0 Å². The Morgan fingerprint density at radius 3 is 2.96 bits per heavy atom. The van der Waals surface area contributed by atoms with Crippen LogP contribution < -0.4 is 10.2 Å². The van der Waals surface area contributed by atoms with Crippen LogP contribution in [0.15, 0.2) is 24.3 Å². The largest absolute Gasteiger partial charge is 0.371 e. The van der Waals surface area contributed by atoms with Gasteiger partial charge in [-0.1, -0.05) is 17.7 Å². The molecule has 3 saturated heterocycles. The van der Waals surface area contributed by atoms with Crippen LogP contribution in [0.4, 0.5) is 5.69 Å². The molecule has 1 aromatic rings. The number of hydrogen-bond acceptors (Lipinski definition) is 4. The summed E-state index contributed by atoms with van der Waals surface area (Å²) in [5, 5.41) is 13.2. The number of halogens is 1. The predicted octanol–water partition coefficient (Wildman–Crippen LogP) is 2.37. The van der Waals surface area contributed by atoms with Gasteiger partial charge < -0.3 is 15.1 Å². The van der Waals surface area contributed by atoms with Gasteiger partial charge in [0.15, 0.2) is 6.19 Å². The molecule has 3 heterocycles. The molecule has 1 N–H and O–H groups in total. The zero-order valence-electron chi connectivity index (χ0n) is 13.5. The highest BCUT2D eigenvalue weighted by molar-refractivity contribution is 6.30. The molecule has 3 aliphatic rings. The van der Waals surface area contributed by atoms with Gasteiger partial charge >= 0.3 is 0 Å². The van der Waals surface area contributed by atoms with Gasteiger partial charge in [-0.25, -0.2) is 0 Å². The molecule has 0 unspecified atom stereocenters.